The Balaban J connectivity index is 1.61. The molecule has 0 radical (unpaired) electrons. The number of likely N-dealkylation sites (N-methyl/N-ethyl adjacent to an activating group) is 2. The summed E-state index contributed by atoms with van der Waals surface area (Å²) in [5, 5.41) is 6.34. The Hall–Kier alpha value is -2.55. The number of nitrogens with one attached hydrogen (secondary N) is 1. The van der Waals surface area contributed by atoms with E-state index in [4.69, 9.17) is 4.52 Å². The zero-order chi connectivity index (χ0) is 18.0. The third kappa shape index (κ3) is 3.76. The van der Waals surface area contributed by atoms with Crippen molar-refractivity contribution in [3.8, 4) is 11.5 Å². The summed E-state index contributed by atoms with van der Waals surface area (Å²) in [4.78, 5) is 19.9. The lowest BCUT2D eigenvalue weighted by atomic mass is 10.2. The second-order valence-corrected chi connectivity index (χ2v) is 6.09. The minimum atomic E-state index is -0.788. The third-order valence-corrected chi connectivity index (χ3v) is 4.28. The van der Waals surface area contributed by atoms with Crippen molar-refractivity contribution in [2.75, 3.05) is 27.2 Å². The molecule has 1 aromatic heterocycles. The first-order valence-electron chi connectivity index (χ1n) is 7.92. The predicted octanol–water partition coefficient (Wildman–Crippen LogP) is 1.86. The maximum atomic E-state index is 13.7. The zero-order valence-electron chi connectivity index (χ0n) is 14.0. The van der Waals surface area contributed by atoms with Crippen LogP contribution in [0, 0.1) is 11.6 Å². The first kappa shape index (κ1) is 17.3. The number of benzene rings is 1. The van der Waals surface area contributed by atoms with Crippen LogP contribution in [-0.4, -0.2) is 59.2 Å². The van der Waals surface area contributed by atoms with Crippen LogP contribution in [0.15, 0.2) is 22.7 Å². The van der Waals surface area contributed by atoms with Crippen molar-refractivity contribution in [1.82, 2.24) is 25.3 Å². The van der Waals surface area contributed by atoms with Gasteiger partial charge in [-0.15, -0.1) is 0 Å². The van der Waals surface area contributed by atoms with E-state index in [9.17, 15) is 13.6 Å². The normalized spacial score (nSPS) is 17.7. The molecule has 2 amide bonds. The van der Waals surface area contributed by atoms with Crippen molar-refractivity contribution >= 4 is 6.03 Å². The van der Waals surface area contributed by atoms with Crippen molar-refractivity contribution in [1.29, 1.82) is 0 Å². The largest absolute Gasteiger partial charge is 0.334 e. The highest BCUT2D eigenvalue weighted by atomic mass is 19.1. The monoisotopic (exact) mass is 351 g/mol. The summed E-state index contributed by atoms with van der Waals surface area (Å²) in [7, 11) is 3.74. The molecule has 1 aliphatic heterocycles. The molecule has 1 saturated heterocycles. The highest BCUT2D eigenvalue weighted by Crippen LogP contribution is 2.24. The summed E-state index contributed by atoms with van der Waals surface area (Å²) in [6.45, 7) is 1.78. The Labute approximate surface area is 143 Å². The van der Waals surface area contributed by atoms with Crippen molar-refractivity contribution in [3.63, 3.8) is 0 Å². The van der Waals surface area contributed by atoms with E-state index in [2.05, 4.69) is 20.4 Å². The fraction of sp³-hybridized carbons (Fsp3) is 0.438. The SMILES string of the molecule is CN1CC[C@@H](N(C)C(=O)NCc2noc(-c3c(F)cccc3F)n2)C1. The fourth-order valence-electron chi connectivity index (χ4n) is 2.80. The number of amides is 2. The van der Waals surface area contributed by atoms with Crippen LogP contribution in [0.25, 0.3) is 11.5 Å². The van der Waals surface area contributed by atoms with Crippen molar-refractivity contribution < 1.29 is 18.1 Å². The van der Waals surface area contributed by atoms with Crippen molar-refractivity contribution in [3.05, 3.63) is 35.7 Å². The van der Waals surface area contributed by atoms with Crippen LogP contribution in [-0.2, 0) is 6.54 Å². The zero-order valence-corrected chi connectivity index (χ0v) is 14.0. The number of halogens is 2. The average molecular weight is 351 g/mol. The second kappa shape index (κ2) is 7.14. The number of nitrogens with zero attached hydrogens (tertiary/aromatic N) is 4. The molecule has 0 unspecified atom stereocenters. The molecule has 0 saturated carbocycles. The highest BCUT2D eigenvalue weighted by Gasteiger charge is 2.26. The minimum Gasteiger partial charge on any atom is -0.334 e. The molecule has 1 atom stereocenters. The van der Waals surface area contributed by atoms with E-state index in [1.165, 1.54) is 6.07 Å². The molecule has 134 valence electrons. The van der Waals surface area contributed by atoms with Gasteiger partial charge in [-0.1, -0.05) is 11.2 Å². The van der Waals surface area contributed by atoms with Crippen LogP contribution in [0.3, 0.4) is 0 Å². The van der Waals surface area contributed by atoms with E-state index in [1.54, 1.807) is 11.9 Å². The number of carbonyl (C=O) groups is 1. The first-order valence-corrected chi connectivity index (χ1v) is 7.92. The molecule has 25 heavy (non-hydrogen) atoms. The molecular formula is C16H19F2N5O2. The van der Waals surface area contributed by atoms with Gasteiger partial charge in [0.15, 0.2) is 5.82 Å². The quantitative estimate of drug-likeness (QED) is 0.910. The maximum absolute atomic E-state index is 13.7. The summed E-state index contributed by atoms with van der Waals surface area (Å²) in [5.74, 6) is -1.69. The number of aromatic nitrogens is 2. The number of urea groups is 1. The maximum Gasteiger partial charge on any atom is 0.317 e. The van der Waals surface area contributed by atoms with Gasteiger partial charge < -0.3 is 19.6 Å². The summed E-state index contributed by atoms with van der Waals surface area (Å²) < 4.78 is 32.3. The fourth-order valence-corrected chi connectivity index (χ4v) is 2.80. The van der Waals surface area contributed by atoms with Crippen molar-refractivity contribution in [2.24, 2.45) is 0 Å². The van der Waals surface area contributed by atoms with E-state index >= 15 is 0 Å². The Kier molecular flexibility index (Phi) is 4.93. The van der Waals surface area contributed by atoms with Crippen LogP contribution < -0.4 is 5.32 Å². The van der Waals surface area contributed by atoms with Gasteiger partial charge >= 0.3 is 6.03 Å². The standard InChI is InChI=1S/C16H19F2N5O2/c1-22-7-6-10(9-22)23(2)16(24)19-8-13-20-15(25-21-13)14-11(17)4-3-5-12(14)18/h3-5,10H,6-9H2,1-2H3,(H,19,24)/t10-/m1/s1. The Morgan fingerprint density at radius 1 is 1.44 bits per heavy atom. The molecule has 9 heteroatoms. The summed E-state index contributed by atoms with van der Waals surface area (Å²) in [5.41, 5.74) is -0.376. The van der Waals surface area contributed by atoms with Crippen LogP contribution in [0.1, 0.15) is 12.2 Å². The van der Waals surface area contributed by atoms with Crippen LogP contribution in [0.5, 0.6) is 0 Å². The molecule has 1 N–H and O–H groups in total. The molecule has 2 heterocycles. The molecule has 1 aromatic carbocycles. The Morgan fingerprint density at radius 3 is 2.80 bits per heavy atom. The van der Waals surface area contributed by atoms with E-state index in [0.717, 1.165) is 31.6 Å². The smallest absolute Gasteiger partial charge is 0.317 e. The first-order chi connectivity index (χ1) is 12.0. The summed E-state index contributed by atoms with van der Waals surface area (Å²) in [6, 6.07) is 3.36. The van der Waals surface area contributed by atoms with Crippen LogP contribution in [0.2, 0.25) is 0 Å². The molecule has 0 spiro atoms. The van der Waals surface area contributed by atoms with Crippen molar-refractivity contribution in [2.45, 2.75) is 19.0 Å². The van der Waals surface area contributed by atoms with Gasteiger partial charge in [-0.3, -0.25) is 0 Å². The molecule has 1 aliphatic rings. The molecule has 0 aliphatic carbocycles. The highest BCUT2D eigenvalue weighted by molar-refractivity contribution is 5.74. The van der Waals surface area contributed by atoms with Crippen LogP contribution >= 0.6 is 0 Å². The number of rotatable bonds is 4. The Bertz CT molecular complexity index is 746. The minimum absolute atomic E-state index is 0.00526. The van der Waals surface area contributed by atoms with E-state index < -0.39 is 11.6 Å². The summed E-state index contributed by atoms with van der Waals surface area (Å²) in [6.07, 6.45) is 0.916. The van der Waals surface area contributed by atoms with E-state index in [1.807, 2.05) is 7.05 Å². The molecule has 2 aromatic rings. The van der Waals surface area contributed by atoms with Gasteiger partial charge in [0, 0.05) is 19.6 Å². The van der Waals surface area contributed by atoms with Gasteiger partial charge in [0.2, 0.25) is 0 Å². The lowest BCUT2D eigenvalue weighted by Gasteiger charge is -2.24. The van der Waals surface area contributed by atoms with Gasteiger partial charge in [0.1, 0.15) is 17.2 Å². The van der Waals surface area contributed by atoms with Gasteiger partial charge in [0.25, 0.3) is 5.89 Å². The topological polar surface area (TPSA) is 74.5 Å². The van der Waals surface area contributed by atoms with Gasteiger partial charge in [-0.05, 0) is 32.1 Å². The lowest BCUT2D eigenvalue weighted by Crippen LogP contribution is -2.44. The number of hydrogen-bond donors (Lipinski definition) is 1. The lowest BCUT2D eigenvalue weighted by molar-refractivity contribution is 0.190. The Morgan fingerprint density at radius 2 is 2.16 bits per heavy atom. The molecule has 0 bridgehead atoms. The van der Waals surface area contributed by atoms with E-state index in [0.29, 0.717) is 0 Å². The van der Waals surface area contributed by atoms with E-state index in [-0.39, 0.29) is 35.9 Å². The third-order valence-electron chi connectivity index (χ3n) is 4.28. The molecule has 3 rings (SSSR count). The van der Waals surface area contributed by atoms with Gasteiger partial charge in [-0.25, -0.2) is 13.6 Å². The number of likely N-dealkylation sites (tertiary alicyclic amines) is 1. The molecule has 7 nitrogen and oxygen atoms in total. The number of hydrogen-bond acceptors (Lipinski definition) is 5. The molecular weight excluding hydrogens is 332 g/mol. The van der Waals surface area contributed by atoms with Crippen LogP contribution in [0.4, 0.5) is 13.6 Å². The summed E-state index contributed by atoms with van der Waals surface area (Å²) >= 11 is 0. The predicted molar refractivity (Wildman–Crippen MR) is 85.6 cm³/mol. The van der Waals surface area contributed by atoms with Gasteiger partial charge in [-0.2, -0.15) is 4.98 Å². The second-order valence-electron chi connectivity index (χ2n) is 6.09. The van der Waals surface area contributed by atoms with Gasteiger partial charge in [0.05, 0.1) is 6.54 Å². The average Bonchev–Trinajstić information content (AvgIpc) is 3.21. The number of carbonyl (C=O) groups excluding carboxylic acids is 1. The molecule has 1 fully saturated rings.